The fourth-order valence-electron chi connectivity index (χ4n) is 3.56. The van der Waals surface area contributed by atoms with Crippen molar-refractivity contribution in [2.24, 2.45) is 0 Å². The van der Waals surface area contributed by atoms with Crippen LogP contribution in [0.3, 0.4) is 0 Å². The van der Waals surface area contributed by atoms with Crippen LogP contribution in [-0.4, -0.2) is 40.6 Å². The first-order chi connectivity index (χ1) is 14.8. The number of nitrogens with zero attached hydrogens (tertiary/aromatic N) is 1. The lowest BCUT2D eigenvalue weighted by Crippen LogP contribution is -2.30. The van der Waals surface area contributed by atoms with Crippen LogP contribution in [0.25, 0.3) is 0 Å². The standard InChI is InChI=1S/C21H22N2O7S/c1-13(14-3-5-18-19(11-14)30-10-9-29-18)22-31(26,27)15-4-6-17(28-2)16(12-15)23-20(24)7-8-21(23)25/h3-6,11-13,22H,7-10H2,1-2H3/t13-/m0/s1. The normalized spacial score (nSPS) is 17.0. The number of carbonyl (C=O) groups is 2. The molecule has 0 spiro atoms. The Bertz CT molecular complexity index is 1130. The monoisotopic (exact) mass is 446 g/mol. The van der Waals surface area contributed by atoms with Crippen molar-refractivity contribution in [2.75, 3.05) is 25.2 Å². The summed E-state index contributed by atoms with van der Waals surface area (Å²) in [5.74, 6) is 0.630. The molecule has 1 saturated heterocycles. The van der Waals surface area contributed by atoms with E-state index < -0.39 is 27.9 Å². The molecule has 31 heavy (non-hydrogen) atoms. The number of anilines is 1. The summed E-state index contributed by atoms with van der Waals surface area (Å²) in [6, 6.07) is 8.75. The van der Waals surface area contributed by atoms with Crippen molar-refractivity contribution in [1.29, 1.82) is 0 Å². The first-order valence-corrected chi connectivity index (χ1v) is 11.2. The van der Waals surface area contributed by atoms with Crippen molar-refractivity contribution >= 4 is 27.5 Å². The summed E-state index contributed by atoms with van der Waals surface area (Å²) in [6.45, 7) is 2.61. The Labute approximate surface area is 179 Å². The molecule has 0 saturated carbocycles. The van der Waals surface area contributed by atoms with Gasteiger partial charge in [0.15, 0.2) is 11.5 Å². The summed E-state index contributed by atoms with van der Waals surface area (Å²) < 4.78 is 45.0. The molecule has 0 unspecified atom stereocenters. The van der Waals surface area contributed by atoms with Gasteiger partial charge in [-0.3, -0.25) is 9.59 Å². The fraction of sp³-hybridized carbons (Fsp3) is 0.333. The van der Waals surface area contributed by atoms with E-state index in [1.165, 1.54) is 25.3 Å². The maximum Gasteiger partial charge on any atom is 0.241 e. The SMILES string of the molecule is COc1ccc(S(=O)(=O)N[C@@H](C)c2ccc3c(c2)OCCO3)cc1N1C(=O)CCC1=O. The molecular formula is C21H22N2O7S. The molecule has 1 N–H and O–H groups in total. The van der Waals surface area contributed by atoms with Gasteiger partial charge in [-0.2, -0.15) is 0 Å². The highest BCUT2D eigenvalue weighted by Crippen LogP contribution is 2.35. The number of hydrogen-bond acceptors (Lipinski definition) is 7. The minimum atomic E-state index is -3.97. The number of fused-ring (bicyclic) bond motifs is 1. The van der Waals surface area contributed by atoms with Crippen LogP contribution in [0.1, 0.15) is 31.4 Å². The van der Waals surface area contributed by atoms with Crippen molar-refractivity contribution in [3.8, 4) is 17.2 Å². The molecular weight excluding hydrogens is 424 g/mol. The van der Waals surface area contributed by atoms with E-state index in [9.17, 15) is 18.0 Å². The lowest BCUT2D eigenvalue weighted by atomic mass is 10.1. The summed E-state index contributed by atoms with van der Waals surface area (Å²) in [7, 11) is -2.58. The zero-order valence-corrected chi connectivity index (χ0v) is 17.9. The first kappa shape index (κ1) is 21.1. The van der Waals surface area contributed by atoms with Crippen LogP contribution in [0, 0.1) is 0 Å². The number of imide groups is 1. The van der Waals surface area contributed by atoms with E-state index in [0.717, 1.165) is 4.90 Å². The molecule has 0 aromatic heterocycles. The number of amides is 2. The van der Waals surface area contributed by atoms with Crippen LogP contribution >= 0.6 is 0 Å². The second-order valence-corrected chi connectivity index (χ2v) is 8.92. The Morgan fingerprint density at radius 2 is 1.68 bits per heavy atom. The van der Waals surface area contributed by atoms with Crippen molar-refractivity contribution in [1.82, 2.24) is 4.72 Å². The molecule has 2 aliphatic rings. The van der Waals surface area contributed by atoms with Gasteiger partial charge in [-0.1, -0.05) is 6.07 Å². The molecule has 1 fully saturated rings. The van der Waals surface area contributed by atoms with Gasteiger partial charge in [0.05, 0.1) is 17.7 Å². The quantitative estimate of drug-likeness (QED) is 0.677. The van der Waals surface area contributed by atoms with E-state index in [2.05, 4.69) is 4.72 Å². The zero-order valence-electron chi connectivity index (χ0n) is 17.1. The molecule has 0 radical (unpaired) electrons. The van der Waals surface area contributed by atoms with Gasteiger partial charge in [0.25, 0.3) is 0 Å². The van der Waals surface area contributed by atoms with E-state index >= 15 is 0 Å². The molecule has 1 atom stereocenters. The smallest absolute Gasteiger partial charge is 0.241 e. The third kappa shape index (κ3) is 4.08. The minimum Gasteiger partial charge on any atom is -0.495 e. The van der Waals surface area contributed by atoms with E-state index in [0.29, 0.717) is 30.3 Å². The molecule has 2 aromatic rings. The summed E-state index contributed by atoms with van der Waals surface area (Å²) in [6.07, 6.45) is 0.163. The van der Waals surface area contributed by atoms with E-state index in [-0.39, 0.29) is 29.2 Å². The number of methoxy groups -OCH3 is 1. The number of sulfonamides is 1. The van der Waals surface area contributed by atoms with Crippen LogP contribution in [0.2, 0.25) is 0 Å². The van der Waals surface area contributed by atoms with Gasteiger partial charge >= 0.3 is 0 Å². The number of ether oxygens (including phenoxy) is 3. The van der Waals surface area contributed by atoms with Crippen molar-refractivity contribution in [3.63, 3.8) is 0 Å². The number of hydrogen-bond donors (Lipinski definition) is 1. The molecule has 164 valence electrons. The second-order valence-electron chi connectivity index (χ2n) is 7.20. The first-order valence-electron chi connectivity index (χ1n) is 9.76. The Morgan fingerprint density at radius 3 is 2.35 bits per heavy atom. The molecule has 2 amide bonds. The highest BCUT2D eigenvalue weighted by atomic mass is 32.2. The maximum absolute atomic E-state index is 13.0. The summed E-state index contributed by atoms with van der Waals surface area (Å²) in [5, 5.41) is 0. The lowest BCUT2D eigenvalue weighted by molar-refractivity contribution is -0.121. The van der Waals surface area contributed by atoms with Gasteiger partial charge in [0.1, 0.15) is 19.0 Å². The summed E-state index contributed by atoms with van der Waals surface area (Å²) in [5.41, 5.74) is 0.816. The fourth-order valence-corrected chi connectivity index (χ4v) is 4.81. The third-order valence-electron chi connectivity index (χ3n) is 5.15. The van der Waals surface area contributed by atoms with Gasteiger partial charge < -0.3 is 14.2 Å². The van der Waals surface area contributed by atoms with Gasteiger partial charge in [-0.05, 0) is 42.8 Å². The van der Waals surface area contributed by atoms with Crippen LogP contribution in [-0.2, 0) is 19.6 Å². The molecule has 0 bridgehead atoms. The lowest BCUT2D eigenvalue weighted by Gasteiger charge is -2.22. The van der Waals surface area contributed by atoms with Crippen molar-refractivity contribution < 1.29 is 32.2 Å². The van der Waals surface area contributed by atoms with Crippen molar-refractivity contribution in [2.45, 2.75) is 30.7 Å². The Hall–Kier alpha value is -3.11. The van der Waals surface area contributed by atoms with Crippen LogP contribution in [0.15, 0.2) is 41.3 Å². The number of rotatable bonds is 6. The molecule has 2 aliphatic heterocycles. The van der Waals surface area contributed by atoms with E-state index in [1.807, 2.05) is 0 Å². The van der Waals surface area contributed by atoms with E-state index in [1.54, 1.807) is 25.1 Å². The van der Waals surface area contributed by atoms with Gasteiger partial charge in [0.2, 0.25) is 21.8 Å². The molecule has 9 nitrogen and oxygen atoms in total. The number of carbonyl (C=O) groups excluding carboxylic acids is 2. The van der Waals surface area contributed by atoms with Gasteiger partial charge in [0, 0.05) is 18.9 Å². The Kier molecular flexibility index (Phi) is 5.59. The minimum absolute atomic E-state index is 0.0817. The van der Waals surface area contributed by atoms with Gasteiger partial charge in [-0.15, -0.1) is 0 Å². The van der Waals surface area contributed by atoms with Crippen LogP contribution < -0.4 is 23.8 Å². The average molecular weight is 446 g/mol. The Morgan fingerprint density at radius 1 is 1.00 bits per heavy atom. The summed E-state index contributed by atoms with van der Waals surface area (Å²) >= 11 is 0. The predicted octanol–water partition coefficient (Wildman–Crippen LogP) is 2.16. The molecule has 0 aliphatic carbocycles. The number of nitrogens with one attached hydrogen (secondary N) is 1. The summed E-state index contributed by atoms with van der Waals surface area (Å²) in [4.78, 5) is 25.2. The average Bonchev–Trinajstić information content (AvgIpc) is 3.10. The highest BCUT2D eigenvalue weighted by Gasteiger charge is 2.33. The van der Waals surface area contributed by atoms with E-state index in [4.69, 9.17) is 14.2 Å². The maximum atomic E-state index is 13.0. The van der Waals surface area contributed by atoms with Crippen molar-refractivity contribution in [3.05, 3.63) is 42.0 Å². The second kappa shape index (κ2) is 8.20. The predicted molar refractivity (Wildman–Crippen MR) is 111 cm³/mol. The molecule has 10 heteroatoms. The molecule has 2 heterocycles. The number of benzene rings is 2. The van der Waals surface area contributed by atoms with Gasteiger partial charge in [-0.25, -0.2) is 18.0 Å². The highest BCUT2D eigenvalue weighted by molar-refractivity contribution is 7.89. The van der Waals surface area contributed by atoms with Crippen LogP contribution in [0.5, 0.6) is 17.2 Å². The van der Waals surface area contributed by atoms with Crippen LogP contribution in [0.4, 0.5) is 5.69 Å². The molecule has 2 aromatic carbocycles. The zero-order chi connectivity index (χ0) is 22.2. The molecule has 4 rings (SSSR count). The Balaban J connectivity index is 1.62. The largest absolute Gasteiger partial charge is 0.495 e. The third-order valence-corrected chi connectivity index (χ3v) is 6.69. The topological polar surface area (TPSA) is 111 Å².